The fourth-order valence-electron chi connectivity index (χ4n) is 1.88. The highest BCUT2D eigenvalue weighted by molar-refractivity contribution is 7.99. The van der Waals surface area contributed by atoms with E-state index in [2.05, 4.69) is 42.7 Å². The molecule has 0 saturated heterocycles. The minimum absolute atomic E-state index is 0.130. The van der Waals surface area contributed by atoms with Gasteiger partial charge in [-0.3, -0.25) is 0 Å². The first-order chi connectivity index (χ1) is 8.11. The molecule has 1 aromatic carbocycles. The van der Waals surface area contributed by atoms with Crippen molar-refractivity contribution in [3.8, 4) is 0 Å². The van der Waals surface area contributed by atoms with Gasteiger partial charge >= 0.3 is 0 Å². The van der Waals surface area contributed by atoms with Crippen molar-refractivity contribution in [3.05, 3.63) is 23.8 Å². The van der Waals surface area contributed by atoms with Crippen LogP contribution in [0.1, 0.15) is 25.8 Å². The number of thioether (sulfide) groups is 1. The van der Waals surface area contributed by atoms with Crippen LogP contribution in [-0.2, 0) is 6.42 Å². The van der Waals surface area contributed by atoms with Gasteiger partial charge in [0.25, 0.3) is 0 Å². The molecule has 1 heterocycles. The molecule has 0 saturated carbocycles. The van der Waals surface area contributed by atoms with Gasteiger partial charge in [0.2, 0.25) is 0 Å². The van der Waals surface area contributed by atoms with Crippen molar-refractivity contribution in [3.63, 3.8) is 0 Å². The van der Waals surface area contributed by atoms with Crippen LogP contribution in [0.15, 0.2) is 23.1 Å². The second kappa shape index (κ2) is 5.32. The predicted molar refractivity (Wildman–Crippen MR) is 77.1 cm³/mol. The fourth-order valence-corrected chi connectivity index (χ4v) is 2.90. The molecule has 1 aromatic rings. The van der Waals surface area contributed by atoms with Gasteiger partial charge in [0, 0.05) is 22.7 Å². The minimum atomic E-state index is 0.130. The minimum Gasteiger partial charge on any atom is -0.383 e. The molecule has 17 heavy (non-hydrogen) atoms. The summed E-state index contributed by atoms with van der Waals surface area (Å²) < 4.78 is 0. The van der Waals surface area contributed by atoms with Crippen LogP contribution in [-0.4, -0.2) is 24.9 Å². The van der Waals surface area contributed by atoms with Crippen LogP contribution in [0.5, 0.6) is 0 Å². The molecule has 0 amide bonds. The van der Waals surface area contributed by atoms with Crippen molar-refractivity contribution in [1.82, 2.24) is 5.32 Å². The highest BCUT2D eigenvalue weighted by atomic mass is 32.2. The lowest BCUT2D eigenvalue weighted by atomic mass is 10.1. The van der Waals surface area contributed by atoms with Gasteiger partial charge in [-0.1, -0.05) is 0 Å². The molecule has 0 bridgehead atoms. The quantitative estimate of drug-likeness (QED) is 0.858. The number of likely N-dealkylation sites (N-methyl/N-ethyl adjacent to an activating group) is 1. The van der Waals surface area contributed by atoms with Crippen LogP contribution >= 0.6 is 11.8 Å². The maximum atomic E-state index is 3.51. The molecule has 2 nitrogen and oxygen atoms in total. The molecule has 0 aliphatic carbocycles. The number of benzene rings is 1. The van der Waals surface area contributed by atoms with Gasteiger partial charge in [-0.05, 0) is 63.3 Å². The Morgan fingerprint density at radius 1 is 1.35 bits per heavy atom. The molecule has 0 atom stereocenters. The summed E-state index contributed by atoms with van der Waals surface area (Å²) in [5.41, 5.74) is 2.88. The molecule has 2 N–H and O–H groups in total. The van der Waals surface area contributed by atoms with E-state index in [0.29, 0.717) is 0 Å². The Morgan fingerprint density at radius 3 is 2.94 bits per heavy atom. The molecular formula is C14H22N2S. The van der Waals surface area contributed by atoms with E-state index >= 15 is 0 Å². The summed E-state index contributed by atoms with van der Waals surface area (Å²) in [4.78, 5) is 1.47. The molecule has 0 unspecified atom stereocenters. The van der Waals surface area contributed by atoms with E-state index in [-0.39, 0.29) is 5.54 Å². The van der Waals surface area contributed by atoms with Crippen molar-refractivity contribution in [2.75, 3.05) is 24.7 Å². The van der Waals surface area contributed by atoms with Crippen molar-refractivity contribution in [2.45, 2.75) is 37.1 Å². The van der Waals surface area contributed by atoms with E-state index < -0.39 is 0 Å². The normalized spacial score (nSPS) is 15.5. The first kappa shape index (κ1) is 12.8. The third-order valence-corrected chi connectivity index (χ3v) is 4.52. The third kappa shape index (κ3) is 3.39. The Morgan fingerprint density at radius 2 is 2.18 bits per heavy atom. The predicted octanol–water partition coefficient (Wildman–Crippen LogP) is 3.13. The summed E-state index contributed by atoms with van der Waals surface area (Å²) in [6.07, 6.45) is 2.54. The van der Waals surface area contributed by atoms with Crippen LogP contribution in [0.3, 0.4) is 0 Å². The number of aryl methyl sites for hydroxylation is 1. The molecular weight excluding hydrogens is 228 g/mol. The van der Waals surface area contributed by atoms with Gasteiger partial charge in [-0.25, -0.2) is 0 Å². The van der Waals surface area contributed by atoms with Gasteiger partial charge in [0.05, 0.1) is 0 Å². The summed E-state index contributed by atoms with van der Waals surface area (Å²) in [6, 6.07) is 6.77. The smallest absolute Gasteiger partial charge is 0.0344 e. The SMILES string of the molecule is CNC(C)(C)CNc1ccc2c(c1)CCCS2. The first-order valence-electron chi connectivity index (χ1n) is 6.29. The van der Waals surface area contributed by atoms with Crippen molar-refractivity contribution >= 4 is 17.4 Å². The first-order valence-corrected chi connectivity index (χ1v) is 7.28. The number of fused-ring (bicyclic) bond motifs is 1. The van der Waals surface area contributed by atoms with Crippen LogP contribution in [0, 0.1) is 0 Å². The topological polar surface area (TPSA) is 24.1 Å². The van der Waals surface area contributed by atoms with Crippen molar-refractivity contribution in [2.24, 2.45) is 0 Å². The molecule has 0 fully saturated rings. The molecule has 0 spiro atoms. The van der Waals surface area contributed by atoms with Crippen LogP contribution < -0.4 is 10.6 Å². The Bertz CT molecular complexity index is 388. The van der Waals surface area contributed by atoms with Gasteiger partial charge < -0.3 is 10.6 Å². The summed E-state index contributed by atoms with van der Waals surface area (Å²) in [7, 11) is 2.01. The van der Waals surface area contributed by atoms with Crippen LogP contribution in [0.25, 0.3) is 0 Å². The zero-order chi connectivity index (χ0) is 12.3. The molecule has 0 aromatic heterocycles. The number of hydrogen-bond acceptors (Lipinski definition) is 3. The second-order valence-corrected chi connectivity index (χ2v) is 6.40. The van der Waals surface area contributed by atoms with Crippen molar-refractivity contribution in [1.29, 1.82) is 0 Å². The van der Waals surface area contributed by atoms with Crippen LogP contribution in [0.4, 0.5) is 5.69 Å². The van der Waals surface area contributed by atoms with Gasteiger partial charge in [-0.15, -0.1) is 11.8 Å². The highest BCUT2D eigenvalue weighted by Crippen LogP contribution is 2.31. The Hall–Kier alpha value is -0.670. The monoisotopic (exact) mass is 250 g/mol. The van der Waals surface area contributed by atoms with E-state index in [4.69, 9.17) is 0 Å². The van der Waals surface area contributed by atoms with Crippen molar-refractivity contribution < 1.29 is 0 Å². The highest BCUT2D eigenvalue weighted by Gasteiger charge is 2.15. The average Bonchev–Trinajstić information content (AvgIpc) is 2.36. The zero-order valence-corrected chi connectivity index (χ0v) is 11.8. The number of hydrogen-bond donors (Lipinski definition) is 2. The largest absolute Gasteiger partial charge is 0.383 e. The lowest BCUT2D eigenvalue weighted by Crippen LogP contribution is -2.42. The average molecular weight is 250 g/mol. The Labute approximate surface area is 109 Å². The third-order valence-electron chi connectivity index (χ3n) is 3.32. The van der Waals surface area contributed by atoms with Crippen LogP contribution in [0.2, 0.25) is 0 Å². The molecule has 1 aliphatic heterocycles. The molecule has 0 radical (unpaired) electrons. The zero-order valence-electron chi connectivity index (χ0n) is 11.0. The molecule has 2 rings (SSSR count). The van der Waals surface area contributed by atoms with E-state index in [1.54, 1.807) is 0 Å². The van der Waals surface area contributed by atoms with E-state index in [1.807, 2.05) is 18.8 Å². The standard InChI is InChI=1S/C14H22N2S/c1-14(2,15-3)10-16-12-6-7-13-11(9-12)5-4-8-17-13/h6-7,9,15-16H,4-5,8,10H2,1-3H3. The van der Waals surface area contributed by atoms with Gasteiger partial charge in [0.15, 0.2) is 0 Å². The molecule has 94 valence electrons. The van der Waals surface area contributed by atoms with E-state index in [9.17, 15) is 0 Å². The Balaban J connectivity index is 2.02. The maximum Gasteiger partial charge on any atom is 0.0344 e. The number of anilines is 1. The lowest BCUT2D eigenvalue weighted by molar-refractivity contribution is 0.448. The number of rotatable bonds is 4. The molecule has 3 heteroatoms. The van der Waals surface area contributed by atoms with E-state index in [0.717, 1.165) is 6.54 Å². The summed E-state index contributed by atoms with van der Waals surface area (Å²) in [5.74, 6) is 1.27. The Kier molecular flexibility index (Phi) is 4.00. The summed E-state index contributed by atoms with van der Waals surface area (Å²) in [6.45, 7) is 5.35. The fraction of sp³-hybridized carbons (Fsp3) is 0.571. The summed E-state index contributed by atoms with van der Waals surface area (Å²) >= 11 is 1.99. The maximum absolute atomic E-state index is 3.51. The lowest BCUT2D eigenvalue weighted by Gasteiger charge is -2.25. The van der Waals surface area contributed by atoms with Gasteiger partial charge in [-0.2, -0.15) is 0 Å². The molecule has 1 aliphatic rings. The summed E-state index contributed by atoms with van der Waals surface area (Å²) in [5, 5.41) is 6.82. The van der Waals surface area contributed by atoms with Gasteiger partial charge in [0.1, 0.15) is 0 Å². The second-order valence-electron chi connectivity index (χ2n) is 5.26. The number of nitrogens with one attached hydrogen (secondary N) is 2. The van der Waals surface area contributed by atoms with E-state index in [1.165, 1.54) is 34.7 Å².